The van der Waals surface area contributed by atoms with Gasteiger partial charge in [-0.2, -0.15) is 0 Å². The largest absolute Gasteiger partial charge is 0.486 e. The molecule has 0 aromatic heterocycles. The summed E-state index contributed by atoms with van der Waals surface area (Å²) in [7, 11) is 0. The average molecular weight is 263 g/mol. The van der Waals surface area contributed by atoms with Gasteiger partial charge in [-0.15, -0.1) is 0 Å². The highest BCUT2D eigenvalue weighted by atomic mass is 19.1. The Morgan fingerprint density at radius 2 is 1.58 bits per heavy atom. The lowest BCUT2D eigenvalue weighted by atomic mass is 10.1. The molecule has 0 saturated heterocycles. The zero-order valence-corrected chi connectivity index (χ0v) is 10.4. The van der Waals surface area contributed by atoms with Crippen LogP contribution in [-0.4, -0.2) is 12.6 Å². The quantitative estimate of drug-likeness (QED) is 0.900. The van der Waals surface area contributed by atoms with Crippen molar-refractivity contribution >= 4 is 0 Å². The van der Waals surface area contributed by atoms with Crippen molar-refractivity contribution in [2.75, 3.05) is 6.61 Å². The van der Waals surface area contributed by atoms with Gasteiger partial charge in [0.25, 0.3) is 0 Å². The molecule has 19 heavy (non-hydrogen) atoms. The molecule has 0 heterocycles. The van der Waals surface area contributed by atoms with E-state index in [9.17, 15) is 8.78 Å². The highest BCUT2D eigenvalue weighted by Gasteiger charge is 2.12. The number of hydrogen-bond acceptors (Lipinski definition) is 2. The van der Waals surface area contributed by atoms with Crippen molar-refractivity contribution in [3.8, 4) is 5.75 Å². The molecular formula is C15H15F2NO. The van der Waals surface area contributed by atoms with Gasteiger partial charge >= 0.3 is 0 Å². The molecule has 0 fully saturated rings. The predicted molar refractivity (Wildman–Crippen MR) is 70.0 cm³/mol. The highest BCUT2D eigenvalue weighted by Crippen LogP contribution is 2.20. The van der Waals surface area contributed by atoms with Crippen LogP contribution in [0.15, 0.2) is 48.5 Å². The molecule has 2 nitrogen and oxygen atoms in total. The number of ether oxygens (including phenoxy) is 1. The number of benzene rings is 2. The van der Waals surface area contributed by atoms with Crippen LogP contribution in [-0.2, 0) is 6.42 Å². The van der Waals surface area contributed by atoms with Crippen LogP contribution < -0.4 is 10.5 Å². The van der Waals surface area contributed by atoms with Gasteiger partial charge in [-0.25, -0.2) is 8.78 Å². The summed E-state index contributed by atoms with van der Waals surface area (Å²) in [6, 6.07) is 12.9. The minimum Gasteiger partial charge on any atom is -0.486 e. The van der Waals surface area contributed by atoms with Gasteiger partial charge in [-0.1, -0.05) is 36.4 Å². The molecule has 2 rings (SSSR count). The molecule has 2 aromatic rings. The maximum Gasteiger partial charge on any atom is 0.190 e. The topological polar surface area (TPSA) is 35.2 Å². The molecule has 0 radical (unpaired) electrons. The first-order valence-corrected chi connectivity index (χ1v) is 6.03. The second-order valence-corrected chi connectivity index (χ2v) is 4.31. The normalized spacial score (nSPS) is 12.2. The molecule has 0 spiro atoms. The smallest absolute Gasteiger partial charge is 0.190 e. The predicted octanol–water partition coefficient (Wildman–Crippen LogP) is 2.91. The monoisotopic (exact) mass is 263 g/mol. The maximum atomic E-state index is 13.3. The van der Waals surface area contributed by atoms with Crippen molar-refractivity contribution in [2.45, 2.75) is 12.5 Å². The van der Waals surface area contributed by atoms with Gasteiger partial charge < -0.3 is 10.5 Å². The molecular weight excluding hydrogens is 248 g/mol. The summed E-state index contributed by atoms with van der Waals surface area (Å²) in [6.45, 7) is 0.0622. The number of halogens is 2. The Morgan fingerprint density at radius 3 is 2.21 bits per heavy atom. The van der Waals surface area contributed by atoms with Gasteiger partial charge in [0.05, 0.1) is 0 Å². The molecule has 0 saturated carbocycles. The van der Waals surface area contributed by atoms with E-state index in [1.807, 2.05) is 30.3 Å². The molecule has 0 aliphatic heterocycles. The minimum atomic E-state index is -0.716. The lowest BCUT2D eigenvalue weighted by Crippen LogP contribution is -2.30. The lowest BCUT2D eigenvalue weighted by molar-refractivity contribution is 0.261. The van der Waals surface area contributed by atoms with Gasteiger partial charge in [0.1, 0.15) is 6.61 Å². The second-order valence-electron chi connectivity index (χ2n) is 4.31. The molecule has 1 atom stereocenters. The van der Waals surface area contributed by atoms with Crippen molar-refractivity contribution < 1.29 is 13.5 Å². The highest BCUT2D eigenvalue weighted by molar-refractivity contribution is 5.26. The van der Waals surface area contributed by atoms with Crippen molar-refractivity contribution in [3.63, 3.8) is 0 Å². The van der Waals surface area contributed by atoms with Crippen LogP contribution in [0.3, 0.4) is 0 Å². The summed E-state index contributed by atoms with van der Waals surface area (Å²) in [6.07, 6.45) is 0.594. The third kappa shape index (κ3) is 3.76. The van der Waals surface area contributed by atoms with Crippen LogP contribution >= 0.6 is 0 Å². The Morgan fingerprint density at radius 1 is 0.947 bits per heavy atom. The maximum absolute atomic E-state index is 13.3. The van der Waals surface area contributed by atoms with E-state index >= 15 is 0 Å². The van der Waals surface area contributed by atoms with E-state index in [1.165, 1.54) is 6.07 Å². The van der Waals surface area contributed by atoms with Gasteiger partial charge in [-0.3, -0.25) is 0 Å². The van der Waals surface area contributed by atoms with Crippen LogP contribution in [0.2, 0.25) is 0 Å². The van der Waals surface area contributed by atoms with Crippen LogP contribution in [0.4, 0.5) is 8.78 Å². The van der Waals surface area contributed by atoms with Crippen LogP contribution in [0.1, 0.15) is 5.56 Å². The lowest BCUT2D eigenvalue weighted by Gasteiger charge is -2.14. The van der Waals surface area contributed by atoms with Crippen molar-refractivity contribution in [1.82, 2.24) is 0 Å². The zero-order valence-electron chi connectivity index (χ0n) is 10.4. The van der Waals surface area contributed by atoms with E-state index in [2.05, 4.69) is 0 Å². The van der Waals surface area contributed by atoms with Crippen molar-refractivity contribution in [1.29, 1.82) is 0 Å². The number of hydrogen-bond donors (Lipinski definition) is 1. The number of rotatable bonds is 5. The van der Waals surface area contributed by atoms with E-state index in [-0.39, 0.29) is 18.4 Å². The Bertz CT molecular complexity index is 511. The third-order valence-corrected chi connectivity index (χ3v) is 2.70. The molecule has 100 valence electrons. The molecule has 2 N–H and O–H groups in total. The first kappa shape index (κ1) is 13.5. The van der Waals surface area contributed by atoms with E-state index in [4.69, 9.17) is 10.5 Å². The fourth-order valence-electron chi connectivity index (χ4n) is 1.79. The van der Waals surface area contributed by atoms with Crippen LogP contribution in [0.5, 0.6) is 5.75 Å². The number of nitrogens with two attached hydrogens (primary N) is 1. The summed E-state index contributed by atoms with van der Waals surface area (Å²) >= 11 is 0. The SMILES string of the molecule is NC(COc1c(F)cccc1F)Cc1ccccc1. The summed E-state index contributed by atoms with van der Waals surface area (Å²) in [5.74, 6) is -1.80. The Labute approximate surface area is 110 Å². The average Bonchev–Trinajstić information content (AvgIpc) is 2.39. The summed E-state index contributed by atoms with van der Waals surface area (Å²) in [5, 5.41) is 0. The first-order valence-electron chi connectivity index (χ1n) is 6.03. The van der Waals surface area contributed by atoms with Crippen LogP contribution in [0.25, 0.3) is 0 Å². The zero-order chi connectivity index (χ0) is 13.7. The van der Waals surface area contributed by atoms with Gasteiger partial charge in [-0.05, 0) is 24.1 Å². The fourth-order valence-corrected chi connectivity index (χ4v) is 1.79. The molecule has 0 amide bonds. The van der Waals surface area contributed by atoms with Crippen molar-refractivity contribution in [3.05, 3.63) is 65.7 Å². The Hall–Kier alpha value is -1.94. The molecule has 0 bridgehead atoms. The molecule has 0 aliphatic carbocycles. The van der Waals surface area contributed by atoms with E-state index in [0.29, 0.717) is 6.42 Å². The Kier molecular flexibility index (Phi) is 4.47. The summed E-state index contributed by atoms with van der Waals surface area (Å²) in [4.78, 5) is 0. The standard InChI is InChI=1S/C15H15F2NO/c16-13-7-4-8-14(17)15(13)19-10-12(18)9-11-5-2-1-3-6-11/h1-8,12H,9-10,18H2. The summed E-state index contributed by atoms with van der Waals surface area (Å²) in [5.41, 5.74) is 6.95. The molecule has 2 aromatic carbocycles. The third-order valence-electron chi connectivity index (χ3n) is 2.70. The molecule has 0 aliphatic rings. The van der Waals surface area contributed by atoms with E-state index in [1.54, 1.807) is 0 Å². The van der Waals surface area contributed by atoms with E-state index < -0.39 is 11.6 Å². The van der Waals surface area contributed by atoms with Crippen molar-refractivity contribution in [2.24, 2.45) is 5.73 Å². The van der Waals surface area contributed by atoms with Gasteiger partial charge in [0.15, 0.2) is 17.4 Å². The van der Waals surface area contributed by atoms with Crippen LogP contribution in [0, 0.1) is 11.6 Å². The van der Waals surface area contributed by atoms with E-state index in [0.717, 1.165) is 17.7 Å². The second kappa shape index (κ2) is 6.29. The molecule has 4 heteroatoms. The van der Waals surface area contributed by atoms with Gasteiger partial charge in [0, 0.05) is 6.04 Å². The summed E-state index contributed by atoms with van der Waals surface area (Å²) < 4.78 is 31.8. The molecule has 1 unspecified atom stereocenters. The Balaban J connectivity index is 1.92. The van der Waals surface area contributed by atoms with Gasteiger partial charge in [0.2, 0.25) is 0 Å². The minimum absolute atomic E-state index is 0.0622. The fraction of sp³-hybridized carbons (Fsp3) is 0.200. The first-order chi connectivity index (χ1) is 9.16. The number of para-hydroxylation sites is 1.